The third kappa shape index (κ3) is 5.47. The lowest BCUT2D eigenvalue weighted by Gasteiger charge is -2.25. The fourth-order valence-corrected chi connectivity index (χ4v) is 4.35. The number of ether oxygens (including phenoxy) is 3. The first kappa shape index (κ1) is 23.9. The second kappa shape index (κ2) is 10.8. The van der Waals surface area contributed by atoms with Gasteiger partial charge in [-0.15, -0.1) is 0 Å². The van der Waals surface area contributed by atoms with E-state index in [-0.39, 0.29) is 43.3 Å². The first-order valence-corrected chi connectivity index (χ1v) is 11.3. The summed E-state index contributed by atoms with van der Waals surface area (Å²) in [5, 5.41) is 0. The molecule has 1 unspecified atom stereocenters. The van der Waals surface area contributed by atoms with Crippen molar-refractivity contribution in [3.05, 3.63) is 53.8 Å². The van der Waals surface area contributed by atoms with E-state index in [9.17, 15) is 18.4 Å². The van der Waals surface area contributed by atoms with E-state index in [1.165, 1.54) is 34.1 Å². The van der Waals surface area contributed by atoms with E-state index in [1.807, 2.05) is 12.1 Å². The van der Waals surface area contributed by atoms with Gasteiger partial charge in [0, 0.05) is 31.0 Å². The van der Waals surface area contributed by atoms with Gasteiger partial charge in [-0.05, 0) is 42.3 Å². The lowest BCUT2D eigenvalue weighted by atomic mass is 9.98. The highest BCUT2D eigenvalue weighted by molar-refractivity contribution is 5.97. The molecule has 4 rings (SSSR count). The molecule has 182 valence electrons. The molecule has 2 heterocycles. The van der Waals surface area contributed by atoms with Crippen molar-refractivity contribution in [2.24, 2.45) is 0 Å². The van der Waals surface area contributed by atoms with Crippen molar-refractivity contribution in [3.63, 3.8) is 0 Å². The van der Waals surface area contributed by atoms with E-state index in [0.717, 1.165) is 18.4 Å². The minimum Gasteiger partial charge on any atom is -0.493 e. The van der Waals surface area contributed by atoms with E-state index in [1.54, 1.807) is 13.2 Å². The van der Waals surface area contributed by atoms with Crippen LogP contribution in [0.1, 0.15) is 30.7 Å². The maximum absolute atomic E-state index is 13.6. The van der Waals surface area contributed by atoms with Gasteiger partial charge in [-0.3, -0.25) is 9.59 Å². The fourth-order valence-electron chi connectivity index (χ4n) is 4.35. The number of anilines is 1. The summed E-state index contributed by atoms with van der Waals surface area (Å²) in [6.45, 7) is -0.208. The Hall–Kier alpha value is -3.20. The van der Waals surface area contributed by atoms with Gasteiger partial charge in [-0.2, -0.15) is 0 Å². The highest BCUT2D eigenvalue weighted by atomic mass is 19.1. The minimum absolute atomic E-state index is 0.137. The predicted octanol–water partition coefficient (Wildman–Crippen LogP) is 3.67. The average molecular weight is 475 g/mol. The van der Waals surface area contributed by atoms with E-state index in [2.05, 4.69) is 0 Å². The van der Waals surface area contributed by atoms with E-state index in [4.69, 9.17) is 14.2 Å². The Labute approximate surface area is 197 Å². The average Bonchev–Trinajstić information content (AvgIpc) is 3.47. The monoisotopic (exact) mass is 474 g/mol. The molecule has 9 heteroatoms. The van der Waals surface area contributed by atoms with Crippen LogP contribution in [0, 0.1) is 5.82 Å². The summed E-state index contributed by atoms with van der Waals surface area (Å²) in [5.74, 6) is -0.167. The number of rotatable bonds is 9. The van der Waals surface area contributed by atoms with Crippen LogP contribution in [0.4, 0.5) is 14.5 Å². The topological polar surface area (TPSA) is 68.3 Å². The number of halogens is 2. The Morgan fingerprint density at radius 1 is 1.24 bits per heavy atom. The normalized spacial score (nSPS) is 20.0. The maximum Gasteiger partial charge on any atom is 0.246 e. The molecule has 0 aromatic heterocycles. The molecule has 7 nitrogen and oxygen atoms in total. The van der Waals surface area contributed by atoms with Gasteiger partial charge in [0.25, 0.3) is 0 Å². The van der Waals surface area contributed by atoms with E-state index < -0.39 is 18.4 Å². The van der Waals surface area contributed by atoms with Crippen molar-refractivity contribution in [2.45, 2.75) is 31.5 Å². The second-order valence-corrected chi connectivity index (χ2v) is 8.36. The van der Waals surface area contributed by atoms with Crippen molar-refractivity contribution in [1.29, 1.82) is 0 Å². The molecule has 0 aliphatic carbocycles. The summed E-state index contributed by atoms with van der Waals surface area (Å²) in [5.41, 5.74) is 1.15. The van der Waals surface area contributed by atoms with Crippen LogP contribution in [0.3, 0.4) is 0 Å². The van der Waals surface area contributed by atoms with E-state index in [0.29, 0.717) is 24.7 Å². The van der Waals surface area contributed by atoms with Crippen molar-refractivity contribution in [2.75, 3.05) is 44.9 Å². The number of methoxy groups -OCH3 is 1. The van der Waals surface area contributed by atoms with Crippen molar-refractivity contribution in [3.8, 4) is 11.5 Å². The van der Waals surface area contributed by atoms with Crippen LogP contribution < -0.4 is 14.4 Å². The fraction of sp³-hybridized carbons (Fsp3) is 0.440. The number of hydrogen-bond donors (Lipinski definition) is 0. The number of carbonyl (C=O) groups excluding carboxylic acids is 2. The molecular formula is C25H28F2N2O5. The Kier molecular flexibility index (Phi) is 7.62. The van der Waals surface area contributed by atoms with Gasteiger partial charge in [-0.1, -0.05) is 12.1 Å². The molecule has 2 aromatic carbocycles. The zero-order valence-corrected chi connectivity index (χ0v) is 19.0. The van der Waals surface area contributed by atoms with Gasteiger partial charge in [-0.25, -0.2) is 8.78 Å². The maximum atomic E-state index is 13.6. The third-order valence-electron chi connectivity index (χ3n) is 6.08. The van der Waals surface area contributed by atoms with Gasteiger partial charge in [0.2, 0.25) is 11.8 Å². The lowest BCUT2D eigenvalue weighted by Crippen LogP contribution is -2.42. The predicted molar refractivity (Wildman–Crippen MR) is 121 cm³/mol. The molecule has 0 saturated carbocycles. The second-order valence-electron chi connectivity index (χ2n) is 8.36. The molecule has 2 aliphatic heterocycles. The number of alkyl halides is 1. The Balaban J connectivity index is 1.45. The Bertz CT molecular complexity index is 1030. The lowest BCUT2D eigenvalue weighted by molar-refractivity contribution is -0.132. The molecule has 2 saturated heterocycles. The number of hydrogen-bond acceptors (Lipinski definition) is 5. The van der Waals surface area contributed by atoms with Crippen LogP contribution in [0.15, 0.2) is 42.5 Å². The van der Waals surface area contributed by atoms with Crippen LogP contribution in [0.2, 0.25) is 0 Å². The third-order valence-corrected chi connectivity index (χ3v) is 6.08. The van der Waals surface area contributed by atoms with Gasteiger partial charge in [0.1, 0.15) is 19.0 Å². The summed E-state index contributed by atoms with van der Waals surface area (Å²) in [4.78, 5) is 28.2. The smallest absolute Gasteiger partial charge is 0.246 e. The molecular weight excluding hydrogens is 446 g/mol. The van der Waals surface area contributed by atoms with Crippen LogP contribution in [0.25, 0.3) is 0 Å². The summed E-state index contributed by atoms with van der Waals surface area (Å²) in [7, 11) is 1.56. The first-order chi connectivity index (χ1) is 16.5. The molecule has 0 N–H and O–H groups in total. The highest BCUT2D eigenvalue weighted by Crippen LogP contribution is 2.36. The molecule has 2 aliphatic rings. The zero-order chi connectivity index (χ0) is 24.1. The van der Waals surface area contributed by atoms with Gasteiger partial charge in [0.05, 0.1) is 20.3 Å². The van der Waals surface area contributed by atoms with Gasteiger partial charge < -0.3 is 24.0 Å². The largest absolute Gasteiger partial charge is 0.493 e. The molecule has 2 aromatic rings. The van der Waals surface area contributed by atoms with E-state index >= 15 is 0 Å². The molecule has 0 radical (unpaired) electrons. The van der Waals surface area contributed by atoms with Crippen LogP contribution in [-0.2, 0) is 14.3 Å². The summed E-state index contributed by atoms with van der Waals surface area (Å²) < 4.78 is 43.7. The van der Waals surface area contributed by atoms with Crippen LogP contribution in [0.5, 0.6) is 11.5 Å². The molecule has 2 atom stereocenters. The Morgan fingerprint density at radius 2 is 2.09 bits per heavy atom. The van der Waals surface area contributed by atoms with Crippen LogP contribution in [-0.4, -0.2) is 63.0 Å². The molecule has 2 amide bonds. The first-order valence-electron chi connectivity index (χ1n) is 11.3. The number of nitrogens with zero attached hydrogens (tertiary/aromatic N) is 2. The van der Waals surface area contributed by atoms with Gasteiger partial charge in [0.15, 0.2) is 17.8 Å². The summed E-state index contributed by atoms with van der Waals surface area (Å²) in [6.07, 6.45) is 1.64. The van der Waals surface area contributed by atoms with Crippen molar-refractivity contribution < 1.29 is 32.6 Å². The van der Waals surface area contributed by atoms with Crippen molar-refractivity contribution in [1.82, 2.24) is 4.90 Å². The molecule has 34 heavy (non-hydrogen) atoms. The SMILES string of the molecule is COc1ccc([C@@H]2CC(=O)N(CC(=O)N(CCF)c3cccc(F)c3)C2)cc1OC1CCCO1. The highest BCUT2D eigenvalue weighted by Gasteiger charge is 2.33. The van der Waals surface area contributed by atoms with Crippen molar-refractivity contribution >= 4 is 17.5 Å². The van der Waals surface area contributed by atoms with Gasteiger partial charge >= 0.3 is 0 Å². The molecule has 2 fully saturated rings. The number of carbonyl (C=O) groups is 2. The zero-order valence-electron chi connectivity index (χ0n) is 19.0. The summed E-state index contributed by atoms with van der Waals surface area (Å²) in [6, 6.07) is 11.0. The molecule has 0 spiro atoms. The number of benzene rings is 2. The van der Waals surface area contributed by atoms with Crippen LogP contribution >= 0.6 is 0 Å². The number of likely N-dealkylation sites (tertiary alicyclic amines) is 1. The Morgan fingerprint density at radius 3 is 2.79 bits per heavy atom. The standard InChI is InChI=1S/C25H28F2N2O5/c1-32-21-8-7-17(12-22(21)34-25-6-3-11-33-25)18-13-23(30)28(15-18)16-24(31)29(10-9-26)20-5-2-4-19(27)14-20/h2,4-5,7-8,12,14,18,25H,3,6,9-11,13,15-16H2,1H3/t18-,25?/m1/s1. The molecule has 0 bridgehead atoms. The summed E-state index contributed by atoms with van der Waals surface area (Å²) >= 11 is 0. The number of amides is 2. The quantitative estimate of drug-likeness (QED) is 0.555. The minimum atomic E-state index is -0.780.